The third-order valence-corrected chi connectivity index (χ3v) is 7.27. The maximum atomic E-state index is 13.0. The van der Waals surface area contributed by atoms with Gasteiger partial charge < -0.3 is 14.5 Å². The van der Waals surface area contributed by atoms with Gasteiger partial charge in [0, 0.05) is 39.8 Å². The van der Waals surface area contributed by atoms with Gasteiger partial charge in [0.2, 0.25) is 0 Å². The van der Waals surface area contributed by atoms with Gasteiger partial charge in [0.05, 0.1) is 12.8 Å². The number of amides is 3. The highest BCUT2D eigenvalue weighted by Gasteiger charge is 2.53. The summed E-state index contributed by atoms with van der Waals surface area (Å²) in [6.07, 6.45) is 3.00. The van der Waals surface area contributed by atoms with Crippen LogP contribution >= 0.6 is 0 Å². The van der Waals surface area contributed by atoms with Crippen molar-refractivity contribution in [1.29, 1.82) is 0 Å². The molecule has 7 heteroatoms. The number of carbonyl (C=O) groups excluding carboxylic acids is 2. The van der Waals surface area contributed by atoms with Crippen molar-refractivity contribution in [2.75, 3.05) is 58.3 Å². The van der Waals surface area contributed by atoms with Crippen molar-refractivity contribution in [2.24, 2.45) is 0 Å². The predicted octanol–water partition coefficient (Wildman–Crippen LogP) is 3.80. The number of piperazine rings is 1. The van der Waals surface area contributed by atoms with E-state index < -0.39 is 5.54 Å². The minimum Gasteiger partial charge on any atom is -0.495 e. The van der Waals surface area contributed by atoms with Crippen LogP contribution in [0, 0.1) is 0 Å². The highest BCUT2D eigenvalue weighted by atomic mass is 16.5. The Morgan fingerprint density at radius 2 is 1.50 bits per heavy atom. The summed E-state index contributed by atoms with van der Waals surface area (Å²) in [6, 6.07) is 17.6. The number of rotatable bonds is 9. The van der Waals surface area contributed by atoms with Gasteiger partial charge in [0.15, 0.2) is 0 Å². The second-order valence-electron chi connectivity index (χ2n) is 9.30. The molecular formula is C27H36N4O3. The Labute approximate surface area is 202 Å². The standard InChI is InChI=1S/C27H36N4O3/c1-27(22-12-6-4-7-13-22)25(32)28(2)26(33)31(27)17-11-5-10-16-29-18-20-30(21-19-29)23-14-8-9-15-24(23)34-3/h4,6-9,12-15H,5,10-11,16-21H2,1-3H3. The van der Waals surface area contributed by atoms with Crippen molar-refractivity contribution in [2.45, 2.75) is 31.7 Å². The normalized spacial score (nSPS) is 21.4. The van der Waals surface area contributed by atoms with Crippen molar-refractivity contribution < 1.29 is 14.3 Å². The molecule has 2 aliphatic rings. The van der Waals surface area contributed by atoms with Gasteiger partial charge in [0.1, 0.15) is 11.3 Å². The SMILES string of the molecule is COc1ccccc1N1CCN(CCCCCN2C(=O)N(C)C(=O)C2(C)c2ccccc2)CC1. The van der Waals surface area contributed by atoms with Gasteiger partial charge in [-0.15, -0.1) is 0 Å². The van der Waals surface area contributed by atoms with E-state index in [9.17, 15) is 9.59 Å². The van der Waals surface area contributed by atoms with Crippen molar-refractivity contribution in [3.05, 3.63) is 60.2 Å². The molecule has 2 heterocycles. The molecule has 0 spiro atoms. The molecule has 2 aliphatic heterocycles. The van der Waals surface area contributed by atoms with Crippen LogP contribution in [0.5, 0.6) is 5.75 Å². The van der Waals surface area contributed by atoms with E-state index in [2.05, 4.69) is 21.9 Å². The highest BCUT2D eigenvalue weighted by Crippen LogP contribution is 2.36. The van der Waals surface area contributed by atoms with E-state index in [0.717, 1.165) is 63.3 Å². The Kier molecular flexibility index (Phi) is 7.41. The number of hydrogen-bond donors (Lipinski definition) is 0. The van der Waals surface area contributed by atoms with Crippen LogP contribution in [0.15, 0.2) is 54.6 Å². The van der Waals surface area contributed by atoms with Crippen molar-refractivity contribution in [3.8, 4) is 5.75 Å². The van der Waals surface area contributed by atoms with Crippen LogP contribution in [-0.4, -0.2) is 80.1 Å². The molecule has 4 rings (SSSR count). The summed E-state index contributed by atoms with van der Waals surface area (Å²) >= 11 is 0. The van der Waals surface area contributed by atoms with E-state index in [-0.39, 0.29) is 11.9 Å². The zero-order valence-corrected chi connectivity index (χ0v) is 20.6. The Morgan fingerprint density at radius 1 is 0.853 bits per heavy atom. The molecule has 0 aliphatic carbocycles. The van der Waals surface area contributed by atoms with Crippen LogP contribution in [0.3, 0.4) is 0 Å². The highest BCUT2D eigenvalue weighted by molar-refractivity contribution is 6.06. The van der Waals surface area contributed by atoms with E-state index in [0.29, 0.717) is 6.54 Å². The quantitative estimate of drug-likeness (QED) is 0.417. The summed E-state index contributed by atoms with van der Waals surface area (Å²) in [5.41, 5.74) is 1.11. The summed E-state index contributed by atoms with van der Waals surface area (Å²) in [4.78, 5) is 33.7. The van der Waals surface area contributed by atoms with E-state index in [1.54, 1.807) is 19.1 Å². The monoisotopic (exact) mass is 464 g/mol. The van der Waals surface area contributed by atoms with Gasteiger partial charge in [0.25, 0.3) is 5.91 Å². The van der Waals surface area contributed by atoms with E-state index in [1.165, 1.54) is 10.6 Å². The van der Waals surface area contributed by atoms with Gasteiger partial charge in [-0.3, -0.25) is 14.6 Å². The average molecular weight is 465 g/mol. The number of imide groups is 1. The first-order valence-electron chi connectivity index (χ1n) is 12.2. The molecule has 3 amide bonds. The molecule has 34 heavy (non-hydrogen) atoms. The lowest BCUT2D eigenvalue weighted by Gasteiger charge is -2.36. The number of anilines is 1. The average Bonchev–Trinajstić information content (AvgIpc) is 3.05. The maximum absolute atomic E-state index is 13.0. The number of ether oxygens (including phenoxy) is 1. The first kappa shape index (κ1) is 24.1. The van der Waals surface area contributed by atoms with Gasteiger partial charge in [-0.25, -0.2) is 4.79 Å². The lowest BCUT2D eigenvalue weighted by molar-refractivity contribution is -0.132. The van der Waals surface area contributed by atoms with Crippen molar-refractivity contribution in [3.63, 3.8) is 0 Å². The number of hydrogen-bond acceptors (Lipinski definition) is 5. The number of benzene rings is 2. The van der Waals surface area contributed by atoms with E-state index in [1.807, 2.05) is 49.4 Å². The van der Waals surface area contributed by atoms with Gasteiger partial charge in [-0.2, -0.15) is 0 Å². The topological polar surface area (TPSA) is 56.3 Å². The van der Waals surface area contributed by atoms with Gasteiger partial charge >= 0.3 is 6.03 Å². The third kappa shape index (κ3) is 4.62. The molecule has 0 bridgehead atoms. The van der Waals surface area contributed by atoms with Crippen LogP contribution < -0.4 is 9.64 Å². The van der Waals surface area contributed by atoms with Crippen LogP contribution in [-0.2, 0) is 10.3 Å². The van der Waals surface area contributed by atoms with Crippen LogP contribution in [0.4, 0.5) is 10.5 Å². The summed E-state index contributed by atoms with van der Waals surface area (Å²) in [7, 11) is 3.30. The fraction of sp³-hybridized carbons (Fsp3) is 0.481. The third-order valence-electron chi connectivity index (χ3n) is 7.27. The molecule has 0 radical (unpaired) electrons. The smallest absolute Gasteiger partial charge is 0.327 e. The van der Waals surface area contributed by atoms with Crippen LogP contribution in [0.25, 0.3) is 0 Å². The maximum Gasteiger partial charge on any atom is 0.327 e. The minimum atomic E-state index is -0.929. The van der Waals surface area contributed by atoms with Gasteiger partial charge in [-0.05, 0) is 44.0 Å². The minimum absolute atomic E-state index is 0.156. The first-order valence-corrected chi connectivity index (χ1v) is 12.2. The molecular weight excluding hydrogens is 428 g/mol. The lowest BCUT2D eigenvalue weighted by atomic mass is 9.90. The number of urea groups is 1. The largest absolute Gasteiger partial charge is 0.495 e. The number of para-hydroxylation sites is 2. The second kappa shape index (κ2) is 10.5. The molecule has 2 aromatic carbocycles. The summed E-state index contributed by atoms with van der Waals surface area (Å²) in [5.74, 6) is 0.774. The fourth-order valence-corrected chi connectivity index (χ4v) is 5.15. The van der Waals surface area contributed by atoms with E-state index >= 15 is 0 Å². The molecule has 182 valence electrons. The zero-order valence-electron chi connectivity index (χ0n) is 20.6. The number of methoxy groups -OCH3 is 1. The first-order chi connectivity index (χ1) is 16.5. The lowest BCUT2D eigenvalue weighted by Crippen LogP contribution is -2.46. The molecule has 2 aromatic rings. The van der Waals surface area contributed by atoms with Crippen molar-refractivity contribution >= 4 is 17.6 Å². The predicted molar refractivity (Wildman–Crippen MR) is 134 cm³/mol. The fourth-order valence-electron chi connectivity index (χ4n) is 5.15. The summed E-state index contributed by atoms with van der Waals surface area (Å²) in [6.45, 7) is 7.57. The molecule has 7 nitrogen and oxygen atoms in total. The Balaban J connectivity index is 1.24. The number of nitrogens with zero attached hydrogens (tertiary/aromatic N) is 4. The molecule has 2 saturated heterocycles. The molecule has 2 fully saturated rings. The molecule has 1 unspecified atom stereocenters. The number of carbonyl (C=O) groups is 2. The Bertz CT molecular complexity index is 990. The number of likely N-dealkylation sites (N-methyl/N-ethyl adjacent to an activating group) is 1. The molecule has 0 aromatic heterocycles. The number of unbranched alkanes of at least 4 members (excludes halogenated alkanes) is 2. The van der Waals surface area contributed by atoms with Crippen molar-refractivity contribution in [1.82, 2.24) is 14.7 Å². The van der Waals surface area contributed by atoms with Crippen LogP contribution in [0.1, 0.15) is 31.7 Å². The van der Waals surface area contributed by atoms with Gasteiger partial charge in [-0.1, -0.05) is 48.9 Å². The Morgan fingerprint density at radius 3 is 2.21 bits per heavy atom. The summed E-state index contributed by atoms with van der Waals surface area (Å²) < 4.78 is 5.52. The summed E-state index contributed by atoms with van der Waals surface area (Å²) in [5, 5.41) is 0. The zero-order chi connectivity index (χ0) is 24.1. The Hall–Kier alpha value is -3.06. The van der Waals surface area contributed by atoms with Crippen LogP contribution in [0.2, 0.25) is 0 Å². The van der Waals surface area contributed by atoms with E-state index in [4.69, 9.17) is 4.74 Å². The molecule has 0 N–H and O–H groups in total. The molecule has 0 saturated carbocycles. The molecule has 1 atom stereocenters. The second-order valence-corrected chi connectivity index (χ2v) is 9.30.